The summed E-state index contributed by atoms with van der Waals surface area (Å²) in [6.07, 6.45) is 3.80. The lowest BCUT2D eigenvalue weighted by molar-refractivity contribution is 0.0796. The second kappa shape index (κ2) is 7.62. The quantitative estimate of drug-likeness (QED) is 0.792. The van der Waals surface area contributed by atoms with Crippen molar-refractivity contribution in [3.8, 4) is 0 Å². The predicted molar refractivity (Wildman–Crippen MR) is 73.4 cm³/mol. The topological polar surface area (TPSA) is 52.6 Å². The summed E-state index contributed by atoms with van der Waals surface area (Å²) in [5.74, 6) is 0.942. The van der Waals surface area contributed by atoms with E-state index in [4.69, 9.17) is 0 Å². The van der Waals surface area contributed by atoms with Crippen LogP contribution >= 0.6 is 0 Å². The first kappa shape index (κ1) is 15.3. The van der Waals surface area contributed by atoms with Crippen molar-refractivity contribution in [2.24, 2.45) is 11.8 Å². The molecule has 0 aromatic carbocycles. The lowest BCUT2D eigenvalue weighted by Gasteiger charge is -2.33. The highest BCUT2D eigenvalue weighted by Crippen LogP contribution is 2.20. The van der Waals surface area contributed by atoms with E-state index in [9.17, 15) is 9.90 Å². The fourth-order valence-corrected chi connectivity index (χ4v) is 2.51. The van der Waals surface area contributed by atoms with E-state index in [2.05, 4.69) is 19.2 Å². The minimum atomic E-state index is -0.250. The van der Waals surface area contributed by atoms with Crippen LogP contribution in [0.1, 0.15) is 46.5 Å². The van der Waals surface area contributed by atoms with Crippen LogP contribution in [0.25, 0.3) is 0 Å². The Bertz CT molecular complexity index is 244. The standard InChI is InChI=1S/C14H28N2O2/c1-4-12(5-2)10-15-14(18)16-8-6-13(7-9-16)11(3)17/h11-13,17H,4-10H2,1-3H3,(H,15,18). The lowest BCUT2D eigenvalue weighted by atomic mass is 9.92. The average molecular weight is 256 g/mol. The summed E-state index contributed by atoms with van der Waals surface area (Å²) in [6.45, 7) is 8.48. The van der Waals surface area contributed by atoms with Gasteiger partial charge in [0.25, 0.3) is 0 Å². The SMILES string of the molecule is CCC(CC)CNC(=O)N1CCC(C(C)O)CC1. The third kappa shape index (κ3) is 4.48. The largest absolute Gasteiger partial charge is 0.393 e. The molecule has 0 aromatic rings. The molecule has 4 heteroatoms. The van der Waals surface area contributed by atoms with E-state index in [-0.39, 0.29) is 12.1 Å². The Morgan fingerprint density at radius 2 is 1.89 bits per heavy atom. The predicted octanol–water partition coefficient (Wildman–Crippen LogP) is 2.23. The molecule has 0 aromatic heterocycles. The van der Waals surface area contributed by atoms with Crippen LogP contribution in [0, 0.1) is 11.8 Å². The second-order valence-electron chi connectivity index (χ2n) is 5.43. The third-order valence-corrected chi connectivity index (χ3v) is 4.21. The molecule has 106 valence electrons. The van der Waals surface area contributed by atoms with Crippen molar-refractivity contribution >= 4 is 6.03 Å². The fourth-order valence-electron chi connectivity index (χ4n) is 2.51. The number of rotatable bonds is 5. The Morgan fingerprint density at radius 3 is 2.33 bits per heavy atom. The van der Waals surface area contributed by atoms with Crippen LogP contribution in [0.5, 0.6) is 0 Å². The molecule has 0 saturated carbocycles. The van der Waals surface area contributed by atoms with Crippen molar-refractivity contribution in [3.05, 3.63) is 0 Å². The summed E-state index contributed by atoms with van der Waals surface area (Å²) in [7, 11) is 0. The summed E-state index contributed by atoms with van der Waals surface area (Å²) in [5.41, 5.74) is 0. The van der Waals surface area contributed by atoms with Gasteiger partial charge in [-0.25, -0.2) is 4.79 Å². The maximum absolute atomic E-state index is 12.0. The number of aliphatic hydroxyl groups is 1. The summed E-state index contributed by atoms with van der Waals surface area (Å²) in [4.78, 5) is 13.8. The Morgan fingerprint density at radius 1 is 1.33 bits per heavy atom. The molecule has 18 heavy (non-hydrogen) atoms. The summed E-state index contributed by atoms with van der Waals surface area (Å²) >= 11 is 0. The first-order valence-electron chi connectivity index (χ1n) is 7.29. The van der Waals surface area contributed by atoms with Gasteiger partial charge < -0.3 is 15.3 Å². The molecule has 0 bridgehead atoms. The third-order valence-electron chi connectivity index (χ3n) is 4.21. The van der Waals surface area contributed by atoms with E-state index in [0.29, 0.717) is 11.8 Å². The van der Waals surface area contributed by atoms with Gasteiger partial charge in [0.05, 0.1) is 6.10 Å². The highest BCUT2D eigenvalue weighted by molar-refractivity contribution is 5.74. The molecule has 0 aliphatic carbocycles. The van der Waals surface area contributed by atoms with Crippen molar-refractivity contribution in [1.82, 2.24) is 10.2 Å². The zero-order valence-corrected chi connectivity index (χ0v) is 12.0. The molecule has 1 saturated heterocycles. The number of carbonyl (C=O) groups excluding carboxylic acids is 1. The van der Waals surface area contributed by atoms with Crippen molar-refractivity contribution in [3.63, 3.8) is 0 Å². The maximum atomic E-state index is 12.0. The number of carbonyl (C=O) groups is 1. The molecular formula is C14H28N2O2. The van der Waals surface area contributed by atoms with Gasteiger partial charge in [0.2, 0.25) is 0 Å². The number of piperidine rings is 1. The average Bonchev–Trinajstić information content (AvgIpc) is 2.39. The van der Waals surface area contributed by atoms with Gasteiger partial charge in [-0.15, -0.1) is 0 Å². The molecular weight excluding hydrogens is 228 g/mol. The molecule has 1 aliphatic heterocycles. The normalized spacial score (nSPS) is 19.1. The van der Waals surface area contributed by atoms with E-state index in [0.717, 1.165) is 45.3 Å². The number of urea groups is 1. The van der Waals surface area contributed by atoms with Gasteiger partial charge in [-0.2, -0.15) is 0 Å². The smallest absolute Gasteiger partial charge is 0.317 e. The first-order chi connectivity index (χ1) is 8.58. The summed E-state index contributed by atoms with van der Waals surface area (Å²) in [6, 6.07) is 0.0611. The number of hydrogen-bond acceptors (Lipinski definition) is 2. The van der Waals surface area contributed by atoms with Crippen LogP contribution < -0.4 is 5.32 Å². The molecule has 1 aliphatic rings. The molecule has 1 heterocycles. The zero-order valence-electron chi connectivity index (χ0n) is 12.0. The van der Waals surface area contributed by atoms with Crippen LogP contribution in [-0.4, -0.2) is 41.8 Å². The monoisotopic (exact) mass is 256 g/mol. The van der Waals surface area contributed by atoms with E-state index < -0.39 is 0 Å². The van der Waals surface area contributed by atoms with Gasteiger partial charge >= 0.3 is 6.03 Å². The molecule has 2 N–H and O–H groups in total. The first-order valence-corrected chi connectivity index (χ1v) is 7.29. The van der Waals surface area contributed by atoms with Gasteiger partial charge in [-0.05, 0) is 31.6 Å². The van der Waals surface area contributed by atoms with E-state index >= 15 is 0 Å². The van der Waals surface area contributed by atoms with Crippen LogP contribution in [0.4, 0.5) is 4.79 Å². The van der Waals surface area contributed by atoms with Crippen LogP contribution in [0.3, 0.4) is 0 Å². The Labute approximate surface area is 111 Å². The van der Waals surface area contributed by atoms with Crippen LogP contribution in [0.15, 0.2) is 0 Å². The number of nitrogens with zero attached hydrogens (tertiary/aromatic N) is 1. The molecule has 2 amide bonds. The lowest BCUT2D eigenvalue weighted by Crippen LogP contribution is -2.46. The number of likely N-dealkylation sites (tertiary alicyclic amines) is 1. The van der Waals surface area contributed by atoms with Crippen molar-refractivity contribution in [2.75, 3.05) is 19.6 Å². The number of aliphatic hydroxyl groups excluding tert-OH is 1. The van der Waals surface area contributed by atoms with E-state index in [1.54, 1.807) is 0 Å². The Balaban J connectivity index is 2.27. The fraction of sp³-hybridized carbons (Fsp3) is 0.929. The van der Waals surface area contributed by atoms with Crippen LogP contribution in [-0.2, 0) is 0 Å². The number of hydrogen-bond donors (Lipinski definition) is 2. The van der Waals surface area contributed by atoms with Gasteiger partial charge in [0, 0.05) is 19.6 Å². The highest BCUT2D eigenvalue weighted by Gasteiger charge is 2.25. The van der Waals surface area contributed by atoms with Crippen LogP contribution in [0.2, 0.25) is 0 Å². The number of nitrogens with one attached hydrogen (secondary N) is 1. The van der Waals surface area contributed by atoms with Crippen molar-refractivity contribution in [1.29, 1.82) is 0 Å². The minimum Gasteiger partial charge on any atom is -0.393 e. The Kier molecular flexibility index (Phi) is 6.47. The molecule has 1 atom stereocenters. The number of amides is 2. The molecule has 1 unspecified atom stereocenters. The highest BCUT2D eigenvalue weighted by atomic mass is 16.3. The summed E-state index contributed by atoms with van der Waals surface area (Å²) in [5, 5.41) is 12.5. The minimum absolute atomic E-state index is 0.0611. The maximum Gasteiger partial charge on any atom is 0.317 e. The zero-order chi connectivity index (χ0) is 13.5. The molecule has 0 spiro atoms. The van der Waals surface area contributed by atoms with Gasteiger partial charge in [0.1, 0.15) is 0 Å². The van der Waals surface area contributed by atoms with E-state index in [1.807, 2.05) is 11.8 Å². The van der Waals surface area contributed by atoms with E-state index in [1.165, 1.54) is 0 Å². The van der Waals surface area contributed by atoms with Gasteiger partial charge in [-0.3, -0.25) is 0 Å². The second-order valence-corrected chi connectivity index (χ2v) is 5.43. The van der Waals surface area contributed by atoms with Gasteiger partial charge in [-0.1, -0.05) is 26.7 Å². The van der Waals surface area contributed by atoms with Crippen molar-refractivity contribution in [2.45, 2.75) is 52.6 Å². The van der Waals surface area contributed by atoms with Gasteiger partial charge in [0.15, 0.2) is 0 Å². The Hall–Kier alpha value is -0.770. The molecule has 1 rings (SSSR count). The summed E-state index contributed by atoms with van der Waals surface area (Å²) < 4.78 is 0. The molecule has 0 radical (unpaired) electrons. The molecule has 1 fully saturated rings. The van der Waals surface area contributed by atoms with Crippen molar-refractivity contribution < 1.29 is 9.90 Å². The molecule has 4 nitrogen and oxygen atoms in total.